The van der Waals surface area contributed by atoms with Gasteiger partial charge >= 0.3 is 5.97 Å². The predicted molar refractivity (Wildman–Crippen MR) is 71.1 cm³/mol. The van der Waals surface area contributed by atoms with Gasteiger partial charge in [-0.1, -0.05) is 20.8 Å². The molecule has 0 aliphatic rings. The number of hydrogen-bond acceptors (Lipinski definition) is 4. The third kappa shape index (κ3) is 4.08. The van der Waals surface area contributed by atoms with Gasteiger partial charge in [0.15, 0.2) is 6.10 Å². The Kier molecular flexibility index (Phi) is 5.31. The zero-order chi connectivity index (χ0) is 13.8. The van der Waals surface area contributed by atoms with E-state index in [1.807, 2.05) is 12.1 Å². The molecule has 1 atom stereocenters. The van der Waals surface area contributed by atoms with Gasteiger partial charge in [0.2, 0.25) is 0 Å². The minimum atomic E-state index is -0.991. The van der Waals surface area contributed by atoms with Crippen LogP contribution >= 0.6 is 11.3 Å². The van der Waals surface area contributed by atoms with E-state index in [4.69, 9.17) is 14.9 Å². The molecule has 2 N–H and O–H groups in total. The van der Waals surface area contributed by atoms with Crippen molar-refractivity contribution in [1.29, 1.82) is 0 Å². The fourth-order valence-electron chi connectivity index (χ4n) is 1.44. The molecule has 1 aromatic heterocycles. The molecule has 0 aliphatic heterocycles. The zero-order valence-electron chi connectivity index (χ0n) is 11.0. The molecule has 0 saturated heterocycles. The van der Waals surface area contributed by atoms with Gasteiger partial charge in [0.1, 0.15) is 0 Å². The molecule has 0 aliphatic carbocycles. The molecule has 0 radical (unpaired) electrons. The largest absolute Gasteiger partial charge is 0.479 e. The van der Waals surface area contributed by atoms with Gasteiger partial charge in [-0.3, -0.25) is 0 Å². The number of thiophene rings is 1. The summed E-state index contributed by atoms with van der Waals surface area (Å²) < 4.78 is 5.31. The van der Waals surface area contributed by atoms with Gasteiger partial charge in [-0.05, 0) is 24.0 Å². The Bertz CT molecular complexity index is 392. The van der Waals surface area contributed by atoms with E-state index in [2.05, 4.69) is 20.8 Å². The summed E-state index contributed by atoms with van der Waals surface area (Å²) in [5.74, 6) is -0.991. The van der Waals surface area contributed by atoms with E-state index in [0.29, 0.717) is 11.3 Å². The van der Waals surface area contributed by atoms with Crippen LogP contribution in [0.5, 0.6) is 0 Å². The first-order chi connectivity index (χ1) is 8.36. The van der Waals surface area contributed by atoms with E-state index in [0.717, 1.165) is 4.88 Å². The summed E-state index contributed by atoms with van der Waals surface area (Å²) in [6.45, 7) is 6.52. The molecule has 18 heavy (non-hydrogen) atoms. The number of aliphatic carboxylic acids is 1. The lowest BCUT2D eigenvalue weighted by Gasteiger charge is -2.16. The van der Waals surface area contributed by atoms with Crippen LogP contribution in [0.3, 0.4) is 0 Å². The molecule has 0 bridgehead atoms. The maximum atomic E-state index is 11.2. The first kappa shape index (κ1) is 15.1. The number of hydrogen-bond donors (Lipinski definition) is 2. The molecule has 0 aromatic carbocycles. The number of carboxylic acid groups (broad SMARTS) is 1. The molecule has 1 heterocycles. The highest BCUT2D eigenvalue weighted by molar-refractivity contribution is 7.12. The highest BCUT2D eigenvalue weighted by atomic mass is 32.1. The van der Waals surface area contributed by atoms with Crippen molar-refractivity contribution in [2.45, 2.75) is 38.7 Å². The molecule has 1 rings (SSSR count). The number of carboxylic acids is 1. The number of ether oxygens (including phenoxy) is 1. The van der Waals surface area contributed by atoms with Crippen molar-refractivity contribution >= 4 is 17.3 Å². The molecule has 1 unspecified atom stereocenters. The second-order valence-electron chi connectivity index (χ2n) is 5.12. The van der Waals surface area contributed by atoms with Crippen LogP contribution in [0.2, 0.25) is 0 Å². The van der Waals surface area contributed by atoms with E-state index in [9.17, 15) is 4.79 Å². The lowest BCUT2D eigenvalue weighted by Crippen LogP contribution is -2.15. The SMILES string of the molecule is CC(C)(C)c1ccc(C(OCCCO)C(=O)O)s1. The molecule has 4 nitrogen and oxygen atoms in total. The monoisotopic (exact) mass is 272 g/mol. The summed E-state index contributed by atoms with van der Waals surface area (Å²) in [4.78, 5) is 13.0. The van der Waals surface area contributed by atoms with Crippen molar-refractivity contribution in [3.8, 4) is 0 Å². The highest BCUT2D eigenvalue weighted by Crippen LogP contribution is 2.33. The van der Waals surface area contributed by atoms with Crippen molar-refractivity contribution in [3.05, 3.63) is 21.9 Å². The molecular weight excluding hydrogens is 252 g/mol. The van der Waals surface area contributed by atoms with Crippen molar-refractivity contribution in [2.75, 3.05) is 13.2 Å². The van der Waals surface area contributed by atoms with Crippen LogP contribution in [0.1, 0.15) is 43.1 Å². The van der Waals surface area contributed by atoms with Crippen LogP contribution in [0, 0.1) is 0 Å². The van der Waals surface area contributed by atoms with Gasteiger partial charge in [0, 0.05) is 16.4 Å². The second kappa shape index (κ2) is 6.31. The zero-order valence-corrected chi connectivity index (χ0v) is 11.8. The van der Waals surface area contributed by atoms with Crippen LogP contribution in [0.25, 0.3) is 0 Å². The Labute approximate surface area is 111 Å². The maximum absolute atomic E-state index is 11.2. The lowest BCUT2D eigenvalue weighted by molar-refractivity contribution is -0.150. The number of aliphatic hydroxyl groups excluding tert-OH is 1. The summed E-state index contributed by atoms with van der Waals surface area (Å²) in [5, 5.41) is 17.8. The Balaban J connectivity index is 2.80. The van der Waals surface area contributed by atoms with E-state index in [1.165, 1.54) is 11.3 Å². The summed E-state index contributed by atoms with van der Waals surface area (Å²) in [5.41, 5.74) is 0.0110. The van der Waals surface area contributed by atoms with Crippen LogP contribution in [0.15, 0.2) is 12.1 Å². The standard InChI is InChI=1S/C13H20O4S/c1-13(2,3)10-6-5-9(18-10)11(12(15)16)17-8-4-7-14/h5-6,11,14H,4,7-8H2,1-3H3,(H,15,16). The van der Waals surface area contributed by atoms with Gasteiger partial charge in [-0.2, -0.15) is 0 Å². The van der Waals surface area contributed by atoms with Gasteiger partial charge in [-0.25, -0.2) is 4.79 Å². The minimum absolute atomic E-state index is 0.00399. The number of rotatable bonds is 6. The van der Waals surface area contributed by atoms with E-state index < -0.39 is 12.1 Å². The molecule has 0 fully saturated rings. The van der Waals surface area contributed by atoms with E-state index in [1.54, 1.807) is 0 Å². The fraction of sp³-hybridized carbons (Fsp3) is 0.615. The van der Waals surface area contributed by atoms with Gasteiger partial charge in [-0.15, -0.1) is 11.3 Å². The summed E-state index contributed by atoms with van der Waals surface area (Å²) in [7, 11) is 0. The van der Waals surface area contributed by atoms with E-state index in [-0.39, 0.29) is 18.6 Å². The third-order valence-corrected chi connectivity index (χ3v) is 3.99. The van der Waals surface area contributed by atoms with E-state index >= 15 is 0 Å². The highest BCUT2D eigenvalue weighted by Gasteiger charge is 2.25. The Morgan fingerprint density at radius 2 is 2.11 bits per heavy atom. The van der Waals surface area contributed by atoms with Crippen LogP contribution < -0.4 is 0 Å². The average Bonchev–Trinajstić information content (AvgIpc) is 2.72. The van der Waals surface area contributed by atoms with Crippen LogP contribution in [0.4, 0.5) is 0 Å². The third-order valence-electron chi connectivity index (χ3n) is 2.44. The normalized spacial score (nSPS) is 13.6. The van der Waals surface area contributed by atoms with Gasteiger partial charge < -0.3 is 14.9 Å². The Morgan fingerprint density at radius 3 is 2.56 bits per heavy atom. The first-order valence-electron chi connectivity index (χ1n) is 5.91. The maximum Gasteiger partial charge on any atom is 0.338 e. The van der Waals surface area contributed by atoms with Crippen LogP contribution in [-0.2, 0) is 14.9 Å². The topological polar surface area (TPSA) is 66.8 Å². The molecule has 0 saturated carbocycles. The quantitative estimate of drug-likeness (QED) is 0.781. The average molecular weight is 272 g/mol. The van der Waals surface area contributed by atoms with Gasteiger partial charge in [0.25, 0.3) is 0 Å². The molecule has 0 amide bonds. The second-order valence-corrected chi connectivity index (χ2v) is 6.23. The molecule has 0 spiro atoms. The number of carbonyl (C=O) groups is 1. The summed E-state index contributed by atoms with van der Waals surface area (Å²) in [6.07, 6.45) is -0.487. The van der Waals surface area contributed by atoms with Crippen molar-refractivity contribution in [2.24, 2.45) is 0 Å². The van der Waals surface area contributed by atoms with Crippen molar-refractivity contribution in [1.82, 2.24) is 0 Å². The Hall–Kier alpha value is -0.910. The van der Waals surface area contributed by atoms with Crippen molar-refractivity contribution in [3.63, 3.8) is 0 Å². The molecule has 102 valence electrons. The predicted octanol–water partition coefficient (Wildman–Crippen LogP) is 2.57. The lowest BCUT2D eigenvalue weighted by atomic mass is 9.95. The summed E-state index contributed by atoms with van der Waals surface area (Å²) in [6, 6.07) is 3.76. The first-order valence-corrected chi connectivity index (χ1v) is 6.73. The smallest absolute Gasteiger partial charge is 0.338 e. The Morgan fingerprint density at radius 1 is 1.44 bits per heavy atom. The fourth-order valence-corrected chi connectivity index (χ4v) is 2.55. The number of aliphatic hydroxyl groups is 1. The molecular formula is C13H20O4S. The molecule has 1 aromatic rings. The van der Waals surface area contributed by atoms with Crippen LogP contribution in [-0.4, -0.2) is 29.4 Å². The van der Waals surface area contributed by atoms with Gasteiger partial charge in [0.05, 0.1) is 6.61 Å². The molecule has 5 heteroatoms. The summed E-state index contributed by atoms with van der Waals surface area (Å²) >= 11 is 1.47. The van der Waals surface area contributed by atoms with Crippen molar-refractivity contribution < 1.29 is 19.7 Å². The minimum Gasteiger partial charge on any atom is -0.479 e.